The van der Waals surface area contributed by atoms with Gasteiger partial charge in [-0.1, -0.05) is 6.92 Å². The maximum Gasteiger partial charge on any atom is 0.0136 e. The van der Waals surface area contributed by atoms with Crippen molar-refractivity contribution in [2.45, 2.75) is 13.8 Å². The Morgan fingerprint density at radius 3 is 2.75 bits per heavy atom. The first kappa shape index (κ1) is 7.89. The van der Waals surface area contributed by atoms with E-state index in [1.807, 2.05) is 18.8 Å². The van der Waals surface area contributed by atoms with E-state index in [1.165, 1.54) is 5.70 Å². The highest BCUT2D eigenvalue weighted by atomic mass is 32.2. The van der Waals surface area contributed by atoms with E-state index in [2.05, 4.69) is 24.6 Å². The molecule has 0 unspecified atom stereocenters. The van der Waals surface area contributed by atoms with Crippen LogP contribution in [-0.4, -0.2) is 12.8 Å². The zero-order valence-corrected chi connectivity index (χ0v) is 6.51. The molecule has 48 valence electrons. The van der Waals surface area contributed by atoms with Crippen molar-refractivity contribution in [3.8, 4) is 0 Å². The summed E-state index contributed by atoms with van der Waals surface area (Å²) in [6.07, 6.45) is 0. The summed E-state index contributed by atoms with van der Waals surface area (Å²) in [5.74, 6) is 1.15. The lowest BCUT2D eigenvalue weighted by atomic mass is 10.6. The first-order valence-electron chi connectivity index (χ1n) is 2.77. The summed E-state index contributed by atoms with van der Waals surface area (Å²) < 4.78 is 0. The highest BCUT2D eigenvalue weighted by Crippen LogP contribution is 2.02. The number of thioether (sulfide) groups is 1. The fraction of sp³-hybridized carbons (Fsp3) is 0.667. The van der Waals surface area contributed by atoms with Gasteiger partial charge in [-0.3, -0.25) is 0 Å². The Labute approximate surface area is 55.5 Å². The molecule has 0 aliphatic carbocycles. The van der Waals surface area contributed by atoms with Gasteiger partial charge in [0.25, 0.3) is 0 Å². The normalized spacial score (nSPS) is 11.6. The van der Waals surface area contributed by atoms with Crippen LogP contribution in [0, 0.1) is 0 Å². The molecule has 0 aliphatic rings. The van der Waals surface area contributed by atoms with Crippen LogP contribution in [0.1, 0.15) is 13.8 Å². The van der Waals surface area contributed by atoms with Crippen LogP contribution in [-0.2, 0) is 0 Å². The lowest BCUT2D eigenvalue weighted by Crippen LogP contribution is -1.99. The van der Waals surface area contributed by atoms with Gasteiger partial charge in [0.05, 0.1) is 0 Å². The minimum atomic E-state index is 1.15. The third-order valence-corrected chi connectivity index (χ3v) is 1.67. The van der Waals surface area contributed by atoms with Crippen LogP contribution in [0.4, 0.5) is 0 Å². The van der Waals surface area contributed by atoms with Crippen molar-refractivity contribution in [1.29, 1.82) is 0 Å². The largest absolute Gasteiger partial charge is 0.391 e. The molecule has 0 fully saturated rings. The first-order valence-corrected chi connectivity index (χ1v) is 3.82. The van der Waals surface area contributed by atoms with Gasteiger partial charge in [0.15, 0.2) is 0 Å². The minimum Gasteiger partial charge on any atom is -0.391 e. The van der Waals surface area contributed by atoms with E-state index in [1.54, 1.807) is 0 Å². The third kappa shape index (κ3) is 4.06. The Hall–Kier alpha value is -0.110. The first-order chi connectivity index (χ1) is 3.81. The SMILES string of the molecule is CCS/C=C(/C)NC. The smallest absolute Gasteiger partial charge is 0.0136 e. The van der Waals surface area contributed by atoms with E-state index >= 15 is 0 Å². The maximum atomic E-state index is 3.04. The van der Waals surface area contributed by atoms with Gasteiger partial charge >= 0.3 is 0 Å². The quantitative estimate of drug-likeness (QED) is 0.627. The number of nitrogens with one attached hydrogen (secondary N) is 1. The molecule has 0 aliphatic heterocycles. The highest BCUT2D eigenvalue weighted by Gasteiger charge is 1.78. The standard InChI is InChI=1S/C6H13NS/c1-4-8-5-6(2)7-3/h5,7H,4H2,1-3H3/b6-5-. The zero-order chi connectivity index (χ0) is 6.41. The van der Waals surface area contributed by atoms with Gasteiger partial charge in [-0.15, -0.1) is 11.8 Å². The van der Waals surface area contributed by atoms with Gasteiger partial charge in [0, 0.05) is 12.7 Å². The summed E-state index contributed by atoms with van der Waals surface area (Å²) >= 11 is 1.82. The molecule has 0 amide bonds. The van der Waals surface area contributed by atoms with Crippen LogP contribution in [0.15, 0.2) is 11.1 Å². The van der Waals surface area contributed by atoms with Gasteiger partial charge in [0.1, 0.15) is 0 Å². The predicted molar refractivity (Wildman–Crippen MR) is 40.9 cm³/mol. The highest BCUT2D eigenvalue weighted by molar-refractivity contribution is 8.02. The lowest BCUT2D eigenvalue weighted by Gasteiger charge is -1.95. The molecule has 1 N–H and O–H groups in total. The van der Waals surface area contributed by atoms with Crippen molar-refractivity contribution in [2.75, 3.05) is 12.8 Å². The summed E-state index contributed by atoms with van der Waals surface area (Å²) in [7, 11) is 1.93. The van der Waals surface area contributed by atoms with Crippen LogP contribution < -0.4 is 5.32 Å². The summed E-state index contributed by atoms with van der Waals surface area (Å²) in [5.41, 5.74) is 1.23. The number of hydrogen-bond acceptors (Lipinski definition) is 2. The lowest BCUT2D eigenvalue weighted by molar-refractivity contribution is 0.996. The molecular formula is C6H13NS. The molecule has 0 heterocycles. The molecule has 0 rings (SSSR count). The second-order valence-electron chi connectivity index (χ2n) is 1.51. The van der Waals surface area contributed by atoms with Gasteiger partial charge in [-0.25, -0.2) is 0 Å². The predicted octanol–water partition coefficient (Wildman–Crippen LogP) is 1.82. The summed E-state index contributed by atoms with van der Waals surface area (Å²) in [4.78, 5) is 0. The zero-order valence-electron chi connectivity index (χ0n) is 5.69. The van der Waals surface area contributed by atoms with Crippen LogP contribution in [0.25, 0.3) is 0 Å². The fourth-order valence-corrected chi connectivity index (χ4v) is 0.802. The van der Waals surface area contributed by atoms with Gasteiger partial charge in [0.2, 0.25) is 0 Å². The van der Waals surface area contributed by atoms with Crippen molar-refractivity contribution >= 4 is 11.8 Å². The van der Waals surface area contributed by atoms with E-state index in [9.17, 15) is 0 Å². The molecule has 0 saturated carbocycles. The molecule has 0 aromatic heterocycles. The average molecular weight is 131 g/mol. The van der Waals surface area contributed by atoms with Crippen LogP contribution in [0.3, 0.4) is 0 Å². The van der Waals surface area contributed by atoms with E-state index in [-0.39, 0.29) is 0 Å². The Kier molecular flexibility index (Phi) is 4.97. The Bertz CT molecular complexity index is 78.6. The number of rotatable bonds is 3. The molecule has 2 heteroatoms. The summed E-state index contributed by atoms with van der Waals surface area (Å²) in [6.45, 7) is 4.20. The molecule has 0 aromatic rings. The number of allylic oxidation sites excluding steroid dienone is 1. The second-order valence-corrected chi connectivity index (χ2v) is 2.65. The van der Waals surface area contributed by atoms with Crippen LogP contribution in [0.2, 0.25) is 0 Å². The third-order valence-electron chi connectivity index (χ3n) is 0.821. The van der Waals surface area contributed by atoms with E-state index in [4.69, 9.17) is 0 Å². The monoisotopic (exact) mass is 131 g/mol. The summed E-state index contributed by atoms with van der Waals surface area (Å²) in [5, 5.41) is 5.16. The van der Waals surface area contributed by atoms with E-state index < -0.39 is 0 Å². The van der Waals surface area contributed by atoms with Gasteiger partial charge in [-0.2, -0.15) is 0 Å². The van der Waals surface area contributed by atoms with Crippen molar-refractivity contribution in [3.63, 3.8) is 0 Å². The number of hydrogen-bond donors (Lipinski definition) is 1. The molecule has 0 radical (unpaired) electrons. The molecular weight excluding hydrogens is 118 g/mol. The Morgan fingerprint density at radius 2 is 2.38 bits per heavy atom. The van der Waals surface area contributed by atoms with Crippen LogP contribution >= 0.6 is 11.8 Å². The topological polar surface area (TPSA) is 12.0 Å². The van der Waals surface area contributed by atoms with E-state index in [0.29, 0.717) is 0 Å². The summed E-state index contributed by atoms with van der Waals surface area (Å²) in [6, 6.07) is 0. The van der Waals surface area contributed by atoms with Crippen molar-refractivity contribution in [2.24, 2.45) is 0 Å². The Morgan fingerprint density at radius 1 is 1.75 bits per heavy atom. The Balaban J connectivity index is 3.26. The molecule has 0 aromatic carbocycles. The van der Waals surface area contributed by atoms with Crippen LogP contribution in [0.5, 0.6) is 0 Å². The van der Waals surface area contributed by atoms with Crippen molar-refractivity contribution in [1.82, 2.24) is 5.32 Å². The van der Waals surface area contributed by atoms with Crippen molar-refractivity contribution < 1.29 is 0 Å². The maximum absolute atomic E-state index is 3.04. The molecule has 0 atom stereocenters. The molecule has 0 saturated heterocycles. The minimum absolute atomic E-state index is 1.15. The van der Waals surface area contributed by atoms with E-state index in [0.717, 1.165) is 5.75 Å². The second kappa shape index (κ2) is 5.04. The molecule has 0 spiro atoms. The fourth-order valence-electron chi connectivity index (χ4n) is 0.267. The van der Waals surface area contributed by atoms with Gasteiger partial charge < -0.3 is 5.32 Å². The van der Waals surface area contributed by atoms with Crippen molar-refractivity contribution in [3.05, 3.63) is 11.1 Å². The molecule has 1 nitrogen and oxygen atoms in total. The average Bonchev–Trinajstić information content (AvgIpc) is 1.83. The molecule has 0 bridgehead atoms. The molecule has 8 heavy (non-hydrogen) atoms. The van der Waals surface area contributed by atoms with Gasteiger partial charge in [-0.05, 0) is 18.1 Å².